The molecule has 176 valence electrons. The lowest BCUT2D eigenvalue weighted by molar-refractivity contribution is -0.146. The van der Waals surface area contributed by atoms with E-state index >= 15 is 0 Å². The Hall–Kier alpha value is -2.03. The normalized spacial score (nSPS) is 12.0. The molecule has 32 heavy (non-hydrogen) atoms. The van der Waals surface area contributed by atoms with E-state index in [1.165, 1.54) is 17.5 Å². The van der Waals surface area contributed by atoms with Gasteiger partial charge in [-0.05, 0) is 15.4 Å². The summed E-state index contributed by atoms with van der Waals surface area (Å²) in [6.45, 7) is 9.40. The Morgan fingerprint density at radius 3 is 1.59 bits per heavy atom. The van der Waals surface area contributed by atoms with E-state index in [-0.39, 0.29) is 11.6 Å². The van der Waals surface area contributed by atoms with Crippen molar-refractivity contribution in [3.8, 4) is 0 Å². The molecular formula is C25H36O6Si. The number of methoxy groups -OCH3 is 1. The van der Waals surface area contributed by atoms with Crippen LogP contribution in [0.15, 0.2) is 60.7 Å². The van der Waals surface area contributed by atoms with Gasteiger partial charge in [-0.25, -0.2) is 4.79 Å². The Kier molecular flexibility index (Phi) is 11.1. The van der Waals surface area contributed by atoms with Gasteiger partial charge < -0.3 is 23.4 Å². The van der Waals surface area contributed by atoms with Gasteiger partial charge in [0.15, 0.2) is 0 Å². The van der Waals surface area contributed by atoms with Gasteiger partial charge in [-0.15, -0.1) is 0 Å². The first kappa shape index (κ1) is 26.2. The standard InChI is InChI=1S/C25H36O6Si/c1-25(2,3)32(22-11-7-5-8-12-22,23-13-9-6-10-14-23)31-20-19-29-16-15-28-17-18-30-21-24(26)27-4/h5-14H,15-21H2,1-4H3. The molecular weight excluding hydrogens is 424 g/mol. The second kappa shape index (κ2) is 13.5. The smallest absolute Gasteiger partial charge is 0.331 e. The van der Waals surface area contributed by atoms with Crippen molar-refractivity contribution in [2.75, 3.05) is 53.4 Å². The van der Waals surface area contributed by atoms with Crippen LogP contribution in [0.4, 0.5) is 0 Å². The van der Waals surface area contributed by atoms with E-state index in [4.69, 9.17) is 18.6 Å². The first-order chi connectivity index (χ1) is 15.4. The van der Waals surface area contributed by atoms with Crippen LogP contribution >= 0.6 is 0 Å². The van der Waals surface area contributed by atoms with Crippen molar-refractivity contribution in [3.63, 3.8) is 0 Å². The maximum absolute atomic E-state index is 10.9. The number of hydrogen-bond donors (Lipinski definition) is 0. The summed E-state index contributed by atoms with van der Waals surface area (Å²) in [5, 5.41) is 2.46. The molecule has 0 amide bonds. The minimum Gasteiger partial charge on any atom is -0.467 e. The van der Waals surface area contributed by atoms with E-state index < -0.39 is 14.3 Å². The molecule has 0 unspecified atom stereocenters. The summed E-state index contributed by atoms with van der Waals surface area (Å²) in [6.07, 6.45) is 0. The minimum atomic E-state index is -2.52. The fourth-order valence-corrected chi connectivity index (χ4v) is 8.21. The van der Waals surface area contributed by atoms with Crippen LogP contribution in [-0.4, -0.2) is 67.6 Å². The second-order valence-corrected chi connectivity index (χ2v) is 12.7. The number of ether oxygens (including phenoxy) is 4. The highest BCUT2D eigenvalue weighted by atomic mass is 28.4. The Bertz CT molecular complexity index is 737. The molecule has 0 saturated heterocycles. The van der Waals surface area contributed by atoms with Crippen LogP contribution < -0.4 is 10.4 Å². The van der Waals surface area contributed by atoms with Gasteiger partial charge >= 0.3 is 5.97 Å². The summed E-state index contributed by atoms with van der Waals surface area (Å²) >= 11 is 0. The Morgan fingerprint density at radius 2 is 1.16 bits per heavy atom. The molecule has 0 aliphatic heterocycles. The Morgan fingerprint density at radius 1 is 0.719 bits per heavy atom. The summed E-state index contributed by atoms with van der Waals surface area (Å²) in [4.78, 5) is 10.9. The number of carbonyl (C=O) groups is 1. The van der Waals surface area contributed by atoms with Crippen molar-refractivity contribution >= 4 is 24.7 Å². The lowest BCUT2D eigenvalue weighted by Crippen LogP contribution is -2.66. The zero-order valence-corrected chi connectivity index (χ0v) is 20.7. The third kappa shape index (κ3) is 7.53. The maximum atomic E-state index is 10.9. The average molecular weight is 461 g/mol. The molecule has 0 fully saturated rings. The van der Waals surface area contributed by atoms with Gasteiger partial charge in [0.2, 0.25) is 0 Å². The van der Waals surface area contributed by atoms with Gasteiger partial charge in [0.05, 0.1) is 46.8 Å². The van der Waals surface area contributed by atoms with Gasteiger partial charge in [-0.1, -0.05) is 81.4 Å². The van der Waals surface area contributed by atoms with Gasteiger partial charge in [-0.3, -0.25) is 0 Å². The molecule has 0 atom stereocenters. The monoisotopic (exact) mass is 460 g/mol. The largest absolute Gasteiger partial charge is 0.467 e. The van der Waals surface area contributed by atoms with E-state index in [1.54, 1.807) is 0 Å². The van der Waals surface area contributed by atoms with Gasteiger partial charge in [-0.2, -0.15) is 0 Å². The maximum Gasteiger partial charge on any atom is 0.331 e. The lowest BCUT2D eigenvalue weighted by atomic mass is 10.2. The number of benzene rings is 2. The molecule has 0 bridgehead atoms. The first-order valence-electron chi connectivity index (χ1n) is 11.0. The van der Waals surface area contributed by atoms with Crippen LogP contribution in [-0.2, 0) is 28.2 Å². The molecule has 0 aromatic heterocycles. The highest BCUT2D eigenvalue weighted by Crippen LogP contribution is 2.36. The number of carbonyl (C=O) groups excluding carboxylic acids is 1. The molecule has 0 aliphatic carbocycles. The molecule has 0 spiro atoms. The molecule has 0 saturated carbocycles. The lowest BCUT2D eigenvalue weighted by Gasteiger charge is -2.43. The fourth-order valence-electron chi connectivity index (χ4n) is 3.67. The van der Waals surface area contributed by atoms with Crippen molar-refractivity contribution in [1.82, 2.24) is 0 Å². The predicted octanol–water partition coefficient (Wildman–Crippen LogP) is 2.79. The second-order valence-electron chi connectivity index (χ2n) is 8.37. The van der Waals surface area contributed by atoms with Crippen LogP contribution in [0, 0.1) is 0 Å². The van der Waals surface area contributed by atoms with E-state index in [0.717, 1.165) is 0 Å². The van der Waals surface area contributed by atoms with Crippen molar-refractivity contribution in [2.45, 2.75) is 25.8 Å². The molecule has 0 N–H and O–H groups in total. The minimum absolute atomic E-state index is 0.0526. The number of rotatable bonds is 14. The summed E-state index contributed by atoms with van der Waals surface area (Å²) in [5.74, 6) is -0.394. The number of hydrogen-bond acceptors (Lipinski definition) is 6. The zero-order valence-electron chi connectivity index (χ0n) is 19.7. The zero-order chi connectivity index (χ0) is 23.3. The van der Waals surface area contributed by atoms with E-state index in [0.29, 0.717) is 39.6 Å². The summed E-state index contributed by atoms with van der Waals surface area (Å²) in [6, 6.07) is 21.1. The highest BCUT2D eigenvalue weighted by Gasteiger charge is 2.49. The molecule has 2 aromatic carbocycles. The molecule has 7 heteroatoms. The Labute approximate surface area is 192 Å². The van der Waals surface area contributed by atoms with Crippen molar-refractivity contribution in [1.29, 1.82) is 0 Å². The van der Waals surface area contributed by atoms with E-state index in [1.807, 2.05) is 12.1 Å². The molecule has 2 rings (SSSR count). The van der Waals surface area contributed by atoms with Gasteiger partial charge in [0.25, 0.3) is 8.32 Å². The van der Waals surface area contributed by atoms with Crippen LogP contribution in [0.2, 0.25) is 5.04 Å². The van der Waals surface area contributed by atoms with Gasteiger partial charge in [0.1, 0.15) is 6.61 Å². The molecule has 6 nitrogen and oxygen atoms in total. The quantitative estimate of drug-likeness (QED) is 0.245. The topological polar surface area (TPSA) is 63.2 Å². The molecule has 0 heterocycles. The Balaban J connectivity index is 1.85. The molecule has 0 radical (unpaired) electrons. The van der Waals surface area contributed by atoms with Crippen LogP contribution in [0.5, 0.6) is 0 Å². The number of esters is 1. The first-order valence-corrected chi connectivity index (χ1v) is 12.9. The highest BCUT2D eigenvalue weighted by molar-refractivity contribution is 6.99. The predicted molar refractivity (Wildman–Crippen MR) is 128 cm³/mol. The van der Waals surface area contributed by atoms with E-state index in [2.05, 4.69) is 74.0 Å². The van der Waals surface area contributed by atoms with Crippen LogP contribution in [0.3, 0.4) is 0 Å². The third-order valence-electron chi connectivity index (χ3n) is 5.15. The average Bonchev–Trinajstić information content (AvgIpc) is 2.80. The SMILES string of the molecule is COC(=O)COCCOCCOCCO[Si](c1ccccc1)(c1ccccc1)C(C)(C)C. The van der Waals surface area contributed by atoms with E-state index in [9.17, 15) is 4.79 Å². The van der Waals surface area contributed by atoms with Gasteiger partial charge in [0, 0.05) is 0 Å². The van der Waals surface area contributed by atoms with Crippen molar-refractivity contribution in [3.05, 3.63) is 60.7 Å². The summed E-state index contributed by atoms with van der Waals surface area (Å²) in [7, 11) is -1.19. The third-order valence-corrected chi connectivity index (χ3v) is 10.2. The van der Waals surface area contributed by atoms with Crippen LogP contribution in [0.1, 0.15) is 20.8 Å². The fraction of sp³-hybridized carbons (Fsp3) is 0.480. The molecule has 0 aliphatic rings. The summed E-state index contributed by atoms with van der Waals surface area (Å²) in [5.41, 5.74) is 0. The molecule has 2 aromatic rings. The van der Waals surface area contributed by atoms with Crippen molar-refractivity contribution in [2.24, 2.45) is 0 Å². The summed E-state index contributed by atoms with van der Waals surface area (Å²) < 4.78 is 27.6. The van der Waals surface area contributed by atoms with Crippen molar-refractivity contribution < 1.29 is 28.2 Å². The van der Waals surface area contributed by atoms with Crippen LogP contribution in [0.25, 0.3) is 0 Å².